The summed E-state index contributed by atoms with van der Waals surface area (Å²) >= 11 is 0. The predicted octanol–water partition coefficient (Wildman–Crippen LogP) is 5.65. The van der Waals surface area contributed by atoms with Crippen LogP contribution in [0.1, 0.15) is 96.8 Å². The van der Waals surface area contributed by atoms with E-state index in [0.29, 0.717) is 0 Å². The summed E-state index contributed by atoms with van der Waals surface area (Å²) in [6.45, 7) is 3.55. The highest BCUT2D eigenvalue weighted by molar-refractivity contribution is 5.75. The summed E-state index contributed by atoms with van der Waals surface area (Å²) in [5, 5.41) is 0. The Bertz CT molecular complexity index is 159. The van der Waals surface area contributed by atoms with Crippen LogP contribution in [0.15, 0.2) is 0 Å². The van der Waals surface area contributed by atoms with E-state index in [1.807, 2.05) is 0 Å². The molecule has 0 heterocycles. The zero-order valence-corrected chi connectivity index (χ0v) is 14.6. The fourth-order valence-electron chi connectivity index (χ4n) is 2.62. The van der Waals surface area contributed by atoms with Crippen molar-refractivity contribution in [2.75, 3.05) is 20.6 Å². The van der Waals surface area contributed by atoms with Gasteiger partial charge in [0.15, 0.2) is 0 Å². The molecule has 20 heavy (non-hydrogen) atoms. The Kier molecular flexibility index (Phi) is 21.2. The van der Waals surface area contributed by atoms with Gasteiger partial charge in [-0.2, -0.15) is 0 Å². The fraction of sp³-hybridized carbons (Fsp3) is 1.00. The molecule has 0 fully saturated rings. The van der Waals surface area contributed by atoms with E-state index in [1.54, 1.807) is 0 Å². The van der Waals surface area contributed by atoms with Gasteiger partial charge in [-0.3, -0.25) is 0 Å². The highest BCUT2D eigenvalue weighted by Crippen LogP contribution is 2.12. The number of hydrogen-bond donors (Lipinski definition) is 0. The van der Waals surface area contributed by atoms with Crippen LogP contribution in [0.25, 0.3) is 0 Å². The molecule has 0 unspecified atom stereocenters. The number of hydrogen-bond acceptors (Lipinski definition) is 1. The van der Waals surface area contributed by atoms with Crippen molar-refractivity contribution < 1.29 is 0 Å². The summed E-state index contributed by atoms with van der Waals surface area (Å²) in [6.07, 6.45) is 20.3. The van der Waals surface area contributed by atoms with Gasteiger partial charge in [-0.1, -0.05) is 90.4 Å². The maximum Gasteiger partial charge on any atom is 0 e. The van der Waals surface area contributed by atoms with Crippen LogP contribution >= 0.6 is 0 Å². The molecular weight excluding hydrogens is 241 g/mol. The van der Waals surface area contributed by atoms with Crippen molar-refractivity contribution >= 4 is 8.41 Å². The first-order valence-electron chi connectivity index (χ1n) is 8.92. The van der Waals surface area contributed by atoms with Crippen LogP contribution in [0.2, 0.25) is 0 Å². The Labute approximate surface area is 131 Å². The zero-order chi connectivity index (χ0) is 14.2. The van der Waals surface area contributed by atoms with Crippen molar-refractivity contribution in [1.82, 2.24) is 4.90 Å². The minimum Gasteiger partial charge on any atom is -0.309 e. The molecule has 0 saturated carbocycles. The SMILES string of the molecule is CCCCCCCCCCCCCCCCN(C)C.[B]. The molecular formula is C18H39BN. The molecule has 0 aliphatic heterocycles. The van der Waals surface area contributed by atoms with Gasteiger partial charge in [0, 0.05) is 8.41 Å². The van der Waals surface area contributed by atoms with Crippen LogP contribution in [0, 0.1) is 0 Å². The average molecular weight is 280 g/mol. The molecule has 3 radical (unpaired) electrons. The van der Waals surface area contributed by atoms with Gasteiger partial charge < -0.3 is 4.90 Å². The van der Waals surface area contributed by atoms with Gasteiger partial charge in [-0.05, 0) is 27.1 Å². The summed E-state index contributed by atoms with van der Waals surface area (Å²) in [5.74, 6) is 0. The highest BCUT2D eigenvalue weighted by Gasteiger charge is 1.94. The van der Waals surface area contributed by atoms with Crippen LogP contribution < -0.4 is 0 Å². The van der Waals surface area contributed by atoms with E-state index in [0.717, 1.165) is 0 Å². The lowest BCUT2D eigenvalue weighted by Crippen LogP contribution is -2.12. The molecule has 0 N–H and O–H groups in total. The van der Waals surface area contributed by atoms with Crippen molar-refractivity contribution in [1.29, 1.82) is 0 Å². The first-order chi connectivity index (χ1) is 9.27. The summed E-state index contributed by atoms with van der Waals surface area (Å²) in [5.41, 5.74) is 0. The molecule has 0 saturated heterocycles. The lowest BCUT2D eigenvalue weighted by atomic mass is 10.0. The van der Waals surface area contributed by atoms with E-state index in [1.165, 1.54) is 96.4 Å². The van der Waals surface area contributed by atoms with Gasteiger partial charge in [-0.25, -0.2) is 0 Å². The van der Waals surface area contributed by atoms with Crippen molar-refractivity contribution in [2.45, 2.75) is 96.8 Å². The summed E-state index contributed by atoms with van der Waals surface area (Å²) < 4.78 is 0. The third kappa shape index (κ3) is 20.3. The summed E-state index contributed by atoms with van der Waals surface area (Å²) in [6, 6.07) is 0. The molecule has 0 aromatic heterocycles. The quantitative estimate of drug-likeness (QED) is 0.277. The Hall–Kier alpha value is 0.0249. The lowest BCUT2D eigenvalue weighted by Gasteiger charge is -2.08. The van der Waals surface area contributed by atoms with E-state index in [2.05, 4.69) is 25.9 Å². The largest absolute Gasteiger partial charge is 0.309 e. The standard InChI is InChI=1S/C18H39N.B/c1-4-5-6-7-8-9-10-11-12-13-14-15-16-17-18-19(2)3;/h4-18H2,1-3H3;. The van der Waals surface area contributed by atoms with Gasteiger partial charge in [0.2, 0.25) is 0 Å². The van der Waals surface area contributed by atoms with E-state index in [4.69, 9.17) is 0 Å². The Morgan fingerprint density at radius 3 is 1.10 bits per heavy atom. The summed E-state index contributed by atoms with van der Waals surface area (Å²) in [4.78, 5) is 2.29. The normalized spacial score (nSPS) is 10.8. The second-order valence-electron chi connectivity index (χ2n) is 6.40. The van der Waals surface area contributed by atoms with Crippen LogP contribution in [0.3, 0.4) is 0 Å². The van der Waals surface area contributed by atoms with Gasteiger partial charge >= 0.3 is 0 Å². The van der Waals surface area contributed by atoms with Crippen molar-refractivity contribution in [2.24, 2.45) is 0 Å². The second-order valence-corrected chi connectivity index (χ2v) is 6.40. The molecule has 0 rings (SSSR count). The monoisotopic (exact) mass is 280 g/mol. The third-order valence-corrected chi connectivity index (χ3v) is 3.96. The molecule has 0 aromatic carbocycles. The minimum absolute atomic E-state index is 0. The van der Waals surface area contributed by atoms with Gasteiger partial charge in [0.05, 0.1) is 0 Å². The van der Waals surface area contributed by atoms with E-state index in [9.17, 15) is 0 Å². The first kappa shape index (κ1) is 22.3. The van der Waals surface area contributed by atoms with E-state index in [-0.39, 0.29) is 8.41 Å². The lowest BCUT2D eigenvalue weighted by molar-refractivity contribution is 0.389. The minimum atomic E-state index is 0. The Balaban J connectivity index is 0. The molecule has 0 atom stereocenters. The second kappa shape index (κ2) is 19.0. The zero-order valence-electron chi connectivity index (χ0n) is 14.6. The number of nitrogens with zero attached hydrogens (tertiary/aromatic N) is 1. The number of unbranched alkanes of at least 4 members (excludes halogenated alkanes) is 13. The molecule has 119 valence electrons. The van der Waals surface area contributed by atoms with E-state index < -0.39 is 0 Å². The van der Waals surface area contributed by atoms with Gasteiger partial charge in [-0.15, -0.1) is 0 Å². The van der Waals surface area contributed by atoms with Crippen molar-refractivity contribution in [3.8, 4) is 0 Å². The molecule has 0 aromatic rings. The molecule has 2 heteroatoms. The molecule has 0 aliphatic carbocycles. The maximum atomic E-state index is 2.29. The molecule has 0 bridgehead atoms. The Morgan fingerprint density at radius 1 is 0.500 bits per heavy atom. The Morgan fingerprint density at radius 2 is 0.800 bits per heavy atom. The molecule has 0 spiro atoms. The molecule has 0 aliphatic rings. The first-order valence-corrected chi connectivity index (χ1v) is 8.92. The van der Waals surface area contributed by atoms with Gasteiger partial charge in [0.25, 0.3) is 0 Å². The summed E-state index contributed by atoms with van der Waals surface area (Å²) in [7, 11) is 4.34. The smallest absolute Gasteiger partial charge is 0 e. The van der Waals surface area contributed by atoms with Crippen molar-refractivity contribution in [3.63, 3.8) is 0 Å². The van der Waals surface area contributed by atoms with E-state index >= 15 is 0 Å². The molecule has 0 amide bonds. The van der Waals surface area contributed by atoms with Gasteiger partial charge in [0.1, 0.15) is 0 Å². The van der Waals surface area contributed by atoms with Crippen LogP contribution in [-0.4, -0.2) is 34.0 Å². The van der Waals surface area contributed by atoms with Crippen LogP contribution in [0.5, 0.6) is 0 Å². The highest BCUT2D eigenvalue weighted by atomic mass is 15.0. The van der Waals surface area contributed by atoms with Crippen LogP contribution in [0.4, 0.5) is 0 Å². The van der Waals surface area contributed by atoms with Crippen molar-refractivity contribution in [3.05, 3.63) is 0 Å². The number of rotatable bonds is 15. The molecule has 1 nitrogen and oxygen atoms in total. The predicted molar refractivity (Wildman–Crippen MR) is 94.6 cm³/mol. The third-order valence-electron chi connectivity index (χ3n) is 3.96. The fourth-order valence-corrected chi connectivity index (χ4v) is 2.62. The maximum absolute atomic E-state index is 2.29. The van der Waals surface area contributed by atoms with Crippen LogP contribution in [-0.2, 0) is 0 Å². The average Bonchev–Trinajstić information content (AvgIpc) is 2.39. The topological polar surface area (TPSA) is 3.24 Å².